The van der Waals surface area contributed by atoms with E-state index in [0.717, 1.165) is 69.6 Å². The van der Waals surface area contributed by atoms with Gasteiger partial charge in [0.05, 0.1) is 17.2 Å². The Hall–Kier alpha value is -4.43. The Morgan fingerprint density at radius 1 is 0.974 bits per heavy atom. The second-order valence-electron chi connectivity index (χ2n) is 9.55. The van der Waals surface area contributed by atoms with Crippen LogP contribution in [0.25, 0.3) is 32.0 Å². The first-order valence-corrected chi connectivity index (χ1v) is 13.9. The first-order valence-electron chi connectivity index (χ1n) is 13.1. The summed E-state index contributed by atoms with van der Waals surface area (Å²) in [6.07, 6.45) is 6.72. The van der Waals surface area contributed by atoms with Crippen LogP contribution in [0.15, 0.2) is 79.3 Å². The molecule has 0 radical (unpaired) electrons. The molecule has 0 atom stereocenters. The van der Waals surface area contributed by atoms with Gasteiger partial charge in [-0.3, -0.25) is 0 Å². The van der Waals surface area contributed by atoms with Crippen LogP contribution in [-0.4, -0.2) is 31.1 Å². The molecule has 0 spiro atoms. The molecule has 0 aliphatic carbocycles. The number of aryl methyl sites for hydroxylation is 2. The van der Waals surface area contributed by atoms with Crippen LogP contribution >= 0.6 is 11.3 Å². The van der Waals surface area contributed by atoms with Gasteiger partial charge in [-0.1, -0.05) is 31.2 Å². The summed E-state index contributed by atoms with van der Waals surface area (Å²) in [4.78, 5) is 19.5. The highest BCUT2D eigenvalue weighted by Gasteiger charge is 2.15. The van der Waals surface area contributed by atoms with E-state index in [9.17, 15) is 0 Å². The molecule has 196 valence electrons. The van der Waals surface area contributed by atoms with E-state index in [1.807, 2.05) is 31.6 Å². The highest BCUT2D eigenvalue weighted by molar-refractivity contribution is 7.18. The van der Waals surface area contributed by atoms with E-state index in [0.29, 0.717) is 5.95 Å². The lowest BCUT2D eigenvalue weighted by Gasteiger charge is -2.10. The molecule has 0 aliphatic heterocycles. The molecule has 4 heterocycles. The van der Waals surface area contributed by atoms with E-state index in [4.69, 9.17) is 14.7 Å². The minimum absolute atomic E-state index is 0.554. The molecule has 2 aromatic carbocycles. The van der Waals surface area contributed by atoms with Gasteiger partial charge in [-0.2, -0.15) is 4.98 Å². The number of rotatable bonds is 9. The number of nitrogens with one attached hydrogen (secondary N) is 2. The van der Waals surface area contributed by atoms with Crippen molar-refractivity contribution in [2.75, 3.05) is 11.9 Å². The van der Waals surface area contributed by atoms with Gasteiger partial charge in [0.1, 0.15) is 17.2 Å². The number of thiophene rings is 1. The third-order valence-corrected chi connectivity index (χ3v) is 7.82. The number of aromatic amines is 1. The summed E-state index contributed by atoms with van der Waals surface area (Å²) in [5, 5.41) is 4.39. The van der Waals surface area contributed by atoms with E-state index >= 15 is 0 Å². The third-order valence-electron chi connectivity index (χ3n) is 6.68. The van der Waals surface area contributed by atoms with Gasteiger partial charge in [-0.15, -0.1) is 11.3 Å². The van der Waals surface area contributed by atoms with Crippen LogP contribution in [0.3, 0.4) is 0 Å². The van der Waals surface area contributed by atoms with Crippen LogP contribution in [0.4, 0.5) is 11.6 Å². The normalized spacial score (nSPS) is 11.3. The summed E-state index contributed by atoms with van der Waals surface area (Å²) < 4.78 is 8.09. The molecule has 6 rings (SSSR count). The highest BCUT2D eigenvalue weighted by atomic mass is 32.1. The quantitative estimate of drug-likeness (QED) is 0.198. The smallest absolute Gasteiger partial charge is 0.229 e. The number of hydrogen-bond donors (Lipinski definition) is 2. The average Bonchev–Trinajstić information content (AvgIpc) is 3.71. The number of aromatic nitrogens is 5. The molecule has 2 N–H and O–H groups in total. The SMILES string of the molecule is CCCOc1cc(-c2ccc(-c3nc(Nc4ccc(Cn5ccnc5C)cc4)nc4[nH]ccc34)s2)ccc1C. The predicted octanol–water partition coefficient (Wildman–Crippen LogP) is 7.75. The van der Waals surface area contributed by atoms with Crippen LogP contribution in [0, 0.1) is 13.8 Å². The second-order valence-corrected chi connectivity index (χ2v) is 10.6. The molecule has 39 heavy (non-hydrogen) atoms. The van der Waals surface area contributed by atoms with Crippen molar-refractivity contribution in [2.24, 2.45) is 0 Å². The molecule has 8 heteroatoms. The molecule has 0 aliphatic rings. The van der Waals surface area contributed by atoms with E-state index in [1.165, 1.54) is 10.4 Å². The van der Waals surface area contributed by atoms with Crippen molar-refractivity contribution in [2.45, 2.75) is 33.7 Å². The summed E-state index contributed by atoms with van der Waals surface area (Å²) in [7, 11) is 0. The Bertz CT molecular complexity index is 1730. The number of nitrogens with zero attached hydrogens (tertiary/aromatic N) is 4. The van der Waals surface area contributed by atoms with Crippen molar-refractivity contribution >= 4 is 34.0 Å². The minimum atomic E-state index is 0.554. The Labute approximate surface area is 231 Å². The van der Waals surface area contributed by atoms with Crippen molar-refractivity contribution in [1.82, 2.24) is 24.5 Å². The van der Waals surface area contributed by atoms with Crippen molar-refractivity contribution in [3.05, 3.63) is 96.2 Å². The molecule has 0 saturated carbocycles. The Balaban J connectivity index is 1.26. The van der Waals surface area contributed by atoms with Crippen molar-refractivity contribution < 1.29 is 4.74 Å². The van der Waals surface area contributed by atoms with Crippen LogP contribution < -0.4 is 10.1 Å². The molecule has 7 nitrogen and oxygen atoms in total. The van der Waals surface area contributed by atoms with Crippen LogP contribution in [0.5, 0.6) is 5.75 Å². The van der Waals surface area contributed by atoms with E-state index < -0.39 is 0 Å². The number of anilines is 2. The van der Waals surface area contributed by atoms with Gasteiger partial charge < -0.3 is 19.6 Å². The van der Waals surface area contributed by atoms with Gasteiger partial charge in [0.2, 0.25) is 5.95 Å². The molecular weight excluding hydrogens is 504 g/mol. The Kier molecular flexibility index (Phi) is 6.85. The van der Waals surface area contributed by atoms with Gasteiger partial charge >= 0.3 is 0 Å². The summed E-state index contributed by atoms with van der Waals surface area (Å²) in [5.41, 5.74) is 6.13. The molecule has 4 aromatic heterocycles. The molecule has 0 saturated heterocycles. The molecule has 0 amide bonds. The molecule has 0 bridgehead atoms. The number of benzene rings is 2. The Morgan fingerprint density at radius 3 is 2.62 bits per heavy atom. The number of imidazole rings is 1. The van der Waals surface area contributed by atoms with Gasteiger partial charge in [-0.05, 0) is 73.4 Å². The number of ether oxygens (including phenoxy) is 1. The molecule has 0 unspecified atom stereocenters. The number of H-pyrrole nitrogens is 1. The van der Waals surface area contributed by atoms with E-state index in [2.05, 4.69) is 88.3 Å². The minimum Gasteiger partial charge on any atom is -0.493 e. The van der Waals surface area contributed by atoms with Gasteiger partial charge in [0.25, 0.3) is 0 Å². The van der Waals surface area contributed by atoms with Gasteiger partial charge in [0.15, 0.2) is 0 Å². The first-order chi connectivity index (χ1) is 19.1. The van der Waals surface area contributed by atoms with Gasteiger partial charge in [-0.25, -0.2) is 9.97 Å². The first kappa shape index (κ1) is 24.9. The zero-order chi connectivity index (χ0) is 26.8. The largest absolute Gasteiger partial charge is 0.493 e. The lowest BCUT2D eigenvalue weighted by Crippen LogP contribution is -2.02. The fourth-order valence-electron chi connectivity index (χ4n) is 4.52. The van der Waals surface area contributed by atoms with Crippen molar-refractivity contribution in [3.8, 4) is 26.8 Å². The van der Waals surface area contributed by atoms with Crippen LogP contribution in [0.2, 0.25) is 0 Å². The molecule has 6 aromatic rings. The van der Waals surface area contributed by atoms with E-state index in [-0.39, 0.29) is 0 Å². The predicted molar refractivity (Wildman–Crippen MR) is 159 cm³/mol. The lowest BCUT2D eigenvalue weighted by atomic mass is 10.1. The van der Waals surface area contributed by atoms with Gasteiger partial charge in [0, 0.05) is 41.1 Å². The maximum absolute atomic E-state index is 5.97. The van der Waals surface area contributed by atoms with Crippen LogP contribution in [0.1, 0.15) is 30.3 Å². The zero-order valence-electron chi connectivity index (χ0n) is 22.2. The maximum atomic E-state index is 5.97. The number of hydrogen-bond acceptors (Lipinski definition) is 6. The molecule has 0 fully saturated rings. The molecular formula is C31H30N6OS. The third kappa shape index (κ3) is 5.28. The maximum Gasteiger partial charge on any atom is 0.229 e. The highest BCUT2D eigenvalue weighted by Crippen LogP contribution is 2.38. The summed E-state index contributed by atoms with van der Waals surface area (Å²) >= 11 is 1.72. The van der Waals surface area contributed by atoms with Crippen LogP contribution in [-0.2, 0) is 6.54 Å². The Morgan fingerprint density at radius 2 is 1.82 bits per heavy atom. The van der Waals surface area contributed by atoms with E-state index in [1.54, 1.807) is 11.3 Å². The average molecular weight is 535 g/mol. The monoisotopic (exact) mass is 534 g/mol. The fourth-order valence-corrected chi connectivity index (χ4v) is 5.52. The summed E-state index contributed by atoms with van der Waals surface area (Å²) in [6.45, 7) is 7.72. The summed E-state index contributed by atoms with van der Waals surface area (Å²) in [5.74, 6) is 2.50. The number of fused-ring (bicyclic) bond motifs is 1. The van der Waals surface area contributed by atoms with Crippen molar-refractivity contribution in [3.63, 3.8) is 0 Å². The van der Waals surface area contributed by atoms with Crippen molar-refractivity contribution in [1.29, 1.82) is 0 Å². The second kappa shape index (κ2) is 10.7. The standard InChI is InChI=1S/C31H30N6OS/c1-4-17-38-26-18-23(8-5-20(26)2)27-11-12-28(39-27)29-25-13-14-33-30(25)36-31(35-29)34-24-9-6-22(7-10-24)19-37-16-15-32-21(37)3/h5-16,18H,4,17,19H2,1-3H3,(H2,33,34,35,36). The lowest BCUT2D eigenvalue weighted by molar-refractivity contribution is 0.315. The zero-order valence-corrected chi connectivity index (χ0v) is 23.0. The topological polar surface area (TPSA) is 80.7 Å². The summed E-state index contributed by atoms with van der Waals surface area (Å²) in [6, 6.07) is 21.1. The fraction of sp³-hybridized carbons (Fsp3) is 0.194.